The van der Waals surface area contributed by atoms with Gasteiger partial charge in [0.25, 0.3) is 0 Å². The quantitative estimate of drug-likeness (QED) is 0.902. The van der Waals surface area contributed by atoms with Crippen molar-refractivity contribution < 1.29 is 23.0 Å². The lowest BCUT2D eigenvalue weighted by molar-refractivity contribution is -0.0511. The van der Waals surface area contributed by atoms with Crippen LogP contribution in [0.4, 0.5) is 14.5 Å². The Morgan fingerprint density at radius 2 is 2.15 bits per heavy atom. The molecule has 6 heteroatoms. The van der Waals surface area contributed by atoms with Crippen molar-refractivity contribution in [1.82, 2.24) is 0 Å². The lowest BCUT2D eigenvalue weighted by Crippen LogP contribution is -2.32. The van der Waals surface area contributed by atoms with Gasteiger partial charge in [-0.25, -0.2) is 0 Å². The predicted molar refractivity (Wildman–Crippen MR) is 71.7 cm³/mol. The average molecular weight is 287 g/mol. The Morgan fingerprint density at radius 1 is 1.35 bits per heavy atom. The number of hydrogen-bond acceptors (Lipinski definition) is 4. The molecule has 1 fully saturated rings. The molecule has 2 atom stereocenters. The highest BCUT2D eigenvalue weighted by molar-refractivity contribution is 5.55. The fourth-order valence-corrected chi connectivity index (χ4v) is 2.32. The van der Waals surface area contributed by atoms with Gasteiger partial charge in [0, 0.05) is 24.4 Å². The number of anilines is 1. The number of methoxy groups -OCH3 is 1. The molecule has 2 rings (SSSR count). The van der Waals surface area contributed by atoms with Gasteiger partial charge in [-0.05, 0) is 31.9 Å². The molecule has 0 radical (unpaired) electrons. The van der Waals surface area contributed by atoms with E-state index in [1.807, 2.05) is 6.92 Å². The Bertz CT molecular complexity index is 442. The van der Waals surface area contributed by atoms with Crippen LogP contribution in [0.25, 0.3) is 0 Å². The van der Waals surface area contributed by atoms with Crippen molar-refractivity contribution in [1.29, 1.82) is 0 Å². The third-order valence-corrected chi connectivity index (χ3v) is 3.24. The molecule has 1 aliphatic heterocycles. The molecule has 0 amide bonds. The van der Waals surface area contributed by atoms with Gasteiger partial charge in [0.1, 0.15) is 0 Å². The van der Waals surface area contributed by atoms with Crippen LogP contribution in [0.5, 0.6) is 11.5 Å². The summed E-state index contributed by atoms with van der Waals surface area (Å²) in [4.78, 5) is 0. The molecule has 0 aliphatic carbocycles. The van der Waals surface area contributed by atoms with Gasteiger partial charge in [0.2, 0.25) is 0 Å². The molecule has 20 heavy (non-hydrogen) atoms. The molecule has 4 nitrogen and oxygen atoms in total. The van der Waals surface area contributed by atoms with Crippen molar-refractivity contribution in [2.24, 2.45) is 0 Å². The highest BCUT2D eigenvalue weighted by atomic mass is 19.3. The summed E-state index contributed by atoms with van der Waals surface area (Å²) in [5, 5.41) is 3.32. The Hall–Kier alpha value is -1.56. The maximum absolute atomic E-state index is 12.4. The van der Waals surface area contributed by atoms with Gasteiger partial charge in [0.15, 0.2) is 11.5 Å². The molecule has 1 N–H and O–H groups in total. The SMILES string of the molecule is COc1ccc(NC2CCOC(C)C2)cc1OC(F)F. The first-order chi connectivity index (χ1) is 9.58. The van der Waals surface area contributed by atoms with Gasteiger partial charge in [0.05, 0.1) is 13.2 Å². The number of benzene rings is 1. The number of nitrogens with one attached hydrogen (secondary N) is 1. The van der Waals surface area contributed by atoms with E-state index in [1.54, 1.807) is 12.1 Å². The second kappa shape index (κ2) is 6.74. The van der Waals surface area contributed by atoms with Gasteiger partial charge in [-0.2, -0.15) is 8.78 Å². The predicted octanol–water partition coefficient (Wildman–Crippen LogP) is 3.28. The highest BCUT2D eigenvalue weighted by Gasteiger charge is 2.20. The van der Waals surface area contributed by atoms with Crippen LogP contribution in [0.1, 0.15) is 19.8 Å². The zero-order valence-electron chi connectivity index (χ0n) is 11.6. The molecule has 112 valence electrons. The van der Waals surface area contributed by atoms with Crippen LogP contribution < -0.4 is 14.8 Å². The molecular weight excluding hydrogens is 268 g/mol. The number of ether oxygens (including phenoxy) is 3. The molecule has 1 saturated heterocycles. The summed E-state index contributed by atoms with van der Waals surface area (Å²) in [6.45, 7) is -0.148. The maximum Gasteiger partial charge on any atom is 0.387 e. The number of alkyl halides is 2. The normalized spacial score (nSPS) is 22.6. The van der Waals surface area contributed by atoms with E-state index in [2.05, 4.69) is 10.1 Å². The smallest absolute Gasteiger partial charge is 0.387 e. The summed E-state index contributed by atoms with van der Waals surface area (Å²) in [7, 11) is 1.42. The monoisotopic (exact) mass is 287 g/mol. The van der Waals surface area contributed by atoms with Gasteiger partial charge in [-0.1, -0.05) is 0 Å². The highest BCUT2D eigenvalue weighted by Crippen LogP contribution is 2.32. The number of rotatable bonds is 5. The van der Waals surface area contributed by atoms with E-state index in [9.17, 15) is 8.78 Å². The first-order valence-electron chi connectivity index (χ1n) is 6.59. The summed E-state index contributed by atoms with van der Waals surface area (Å²) in [6, 6.07) is 5.21. The fourth-order valence-electron chi connectivity index (χ4n) is 2.32. The van der Waals surface area contributed by atoms with E-state index in [-0.39, 0.29) is 23.6 Å². The molecule has 1 aliphatic rings. The molecule has 0 bridgehead atoms. The largest absolute Gasteiger partial charge is 0.493 e. The Labute approximate surface area is 117 Å². The minimum absolute atomic E-state index is 0.0348. The van der Waals surface area contributed by atoms with Crippen LogP contribution in [0.2, 0.25) is 0 Å². The van der Waals surface area contributed by atoms with E-state index in [4.69, 9.17) is 9.47 Å². The van der Waals surface area contributed by atoms with Crippen LogP contribution in [0, 0.1) is 0 Å². The van der Waals surface area contributed by atoms with E-state index in [1.165, 1.54) is 13.2 Å². The van der Waals surface area contributed by atoms with Crippen molar-refractivity contribution in [3.63, 3.8) is 0 Å². The summed E-state index contributed by atoms with van der Waals surface area (Å²) >= 11 is 0. The lowest BCUT2D eigenvalue weighted by atomic mass is 10.0. The van der Waals surface area contributed by atoms with Crippen molar-refractivity contribution >= 4 is 5.69 Å². The topological polar surface area (TPSA) is 39.7 Å². The Kier molecular flexibility index (Phi) is 5.00. The lowest BCUT2D eigenvalue weighted by Gasteiger charge is -2.28. The number of halogens is 2. The molecule has 1 heterocycles. The summed E-state index contributed by atoms with van der Waals surface area (Å²) in [5.74, 6) is 0.323. The van der Waals surface area contributed by atoms with Crippen molar-refractivity contribution in [2.45, 2.75) is 38.5 Å². The zero-order chi connectivity index (χ0) is 14.5. The van der Waals surface area contributed by atoms with Crippen LogP contribution in [-0.2, 0) is 4.74 Å². The molecule has 0 spiro atoms. The second-order valence-corrected chi connectivity index (χ2v) is 4.79. The molecule has 0 saturated carbocycles. The van der Waals surface area contributed by atoms with E-state index < -0.39 is 6.61 Å². The summed E-state index contributed by atoms with van der Waals surface area (Å²) in [6.07, 6.45) is 1.98. The first-order valence-corrected chi connectivity index (χ1v) is 6.59. The summed E-state index contributed by atoms with van der Waals surface area (Å²) < 4.78 is 39.7. The molecule has 1 aromatic carbocycles. The van der Waals surface area contributed by atoms with Gasteiger partial charge in [-0.3, -0.25) is 0 Å². The van der Waals surface area contributed by atoms with Crippen LogP contribution in [0.3, 0.4) is 0 Å². The minimum Gasteiger partial charge on any atom is -0.493 e. The van der Waals surface area contributed by atoms with E-state index in [0.717, 1.165) is 18.5 Å². The number of hydrogen-bond donors (Lipinski definition) is 1. The van der Waals surface area contributed by atoms with Crippen molar-refractivity contribution in [2.75, 3.05) is 19.0 Å². The zero-order valence-corrected chi connectivity index (χ0v) is 11.6. The third-order valence-electron chi connectivity index (χ3n) is 3.24. The first kappa shape index (κ1) is 14.8. The fraction of sp³-hybridized carbons (Fsp3) is 0.571. The van der Waals surface area contributed by atoms with Crippen LogP contribution in [0.15, 0.2) is 18.2 Å². The Morgan fingerprint density at radius 3 is 2.80 bits per heavy atom. The standard InChI is InChI=1S/C14H19F2NO3/c1-9-7-11(5-6-19-9)17-10-3-4-12(18-2)13(8-10)20-14(15)16/h3-4,8-9,11,14,17H,5-7H2,1-2H3. The van der Waals surface area contributed by atoms with E-state index >= 15 is 0 Å². The molecule has 0 aromatic heterocycles. The van der Waals surface area contributed by atoms with Crippen molar-refractivity contribution in [3.05, 3.63) is 18.2 Å². The third kappa shape index (κ3) is 3.96. The summed E-state index contributed by atoms with van der Waals surface area (Å²) in [5.41, 5.74) is 0.737. The van der Waals surface area contributed by atoms with Crippen molar-refractivity contribution in [3.8, 4) is 11.5 Å². The molecular formula is C14H19F2NO3. The maximum atomic E-state index is 12.4. The molecule has 2 unspecified atom stereocenters. The second-order valence-electron chi connectivity index (χ2n) is 4.79. The van der Waals surface area contributed by atoms with Gasteiger partial charge < -0.3 is 19.5 Å². The van der Waals surface area contributed by atoms with Gasteiger partial charge >= 0.3 is 6.61 Å². The van der Waals surface area contributed by atoms with Gasteiger partial charge in [-0.15, -0.1) is 0 Å². The molecule has 1 aromatic rings. The van der Waals surface area contributed by atoms with Crippen LogP contribution in [-0.4, -0.2) is 32.5 Å². The minimum atomic E-state index is -2.87. The Balaban J connectivity index is 2.07. The van der Waals surface area contributed by atoms with E-state index in [0.29, 0.717) is 6.61 Å². The van der Waals surface area contributed by atoms with Crippen LogP contribution >= 0.6 is 0 Å². The average Bonchev–Trinajstić information content (AvgIpc) is 2.38.